The molecule has 182 valence electrons. The fraction of sp³-hybridized carbons (Fsp3) is 0.269. The zero-order valence-corrected chi connectivity index (χ0v) is 21.7. The fourth-order valence-electron chi connectivity index (χ4n) is 4.24. The number of halogens is 2. The van der Waals surface area contributed by atoms with Crippen molar-refractivity contribution >= 4 is 51.8 Å². The Morgan fingerprint density at radius 1 is 1.03 bits per heavy atom. The number of pyridine rings is 1. The smallest absolute Gasteiger partial charge is 0.254 e. The van der Waals surface area contributed by atoms with Gasteiger partial charge in [-0.25, -0.2) is 0 Å². The number of anilines is 1. The number of piperazine rings is 1. The van der Waals surface area contributed by atoms with Crippen molar-refractivity contribution in [3.63, 3.8) is 0 Å². The molecule has 0 spiro atoms. The Balaban J connectivity index is 1.45. The largest absolute Gasteiger partial charge is 0.611 e. The number of nitrogens with zero attached hydrogens (tertiary/aromatic N) is 3. The van der Waals surface area contributed by atoms with E-state index >= 15 is 0 Å². The molecule has 2 heterocycles. The molecule has 4 rings (SSSR count). The second kappa shape index (κ2) is 11.0. The van der Waals surface area contributed by atoms with E-state index in [4.69, 9.17) is 23.2 Å². The molecule has 6 nitrogen and oxygen atoms in total. The molecule has 35 heavy (non-hydrogen) atoms. The molecule has 9 heteroatoms. The van der Waals surface area contributed by atoms with Crippen molar-refractivity contribution in [1.29, 1.82) is 0 Å². The van der Waals surface area contributed by atoms with Crippen molar-refractivity contribution in [2.75, 3.05) is 23.7 Å². The maximum absolute atomic E-state index is 13.3. The SMILES string of the molecule is CC1C(C)N(c2cccc(Cl)c2)CCN1C(=O)c1ccc([S+]([O-])CC(=O)c2cccnc2)c(Cl)c1. The van der Waals surface area contributed by atoms with Gasteiger partial charge in [-0.3, -0.25) is 14.6 Å². The highest BCUT2D eigenvalue weighted by molar-refractivity contribution is 7.92. The summed E-state index contributed by atoms with van der Waals surface area (Å²) < 4.78 is 12.8. The molecule has 3 aromatic rings. The molecule has 2 aromatic carbocycles. The van der Waals surface area contributed by atoms with Crippen molar-refractivity contribution in [2.24, 2.45) is 0 Å². The number of hydrogen-bond donors (Lipinski definition) is 0. The third-order valence-electron chi connectivity index (χ3n) is 6.33. The van der Waals surface area contributed by atoms with Gasteiger partial charge in [0.05, 0.1) is 5.02 Å². The van der Waals surface area contributed by atoms with Gasteiger partial charge >= 0.3 is 0 Å². The monoisotopic (exact) mass is 529 g/mol. The Labute approximate surface area is 218 Å². The molecule has 3 atom stereocenters. The van der Waals surface area contributed by atoms with Gasteiger partial charge in [-0.1, -0.05) is 29.3 Å². The number of carbonyl (C=O) groups is 2. The summed E-state index contributed by atoms with van der Waals surface area (Å²) in [5.41, 5.74) is 1.84. The fourth-order valence-corrected chi connectivity index (χ4v) is 5.92. The summed E-state index contributed by atoms with van der Waals surface area (Å²) in [7, 11) is 0. The van der Waals surface area contributed by atoms with E-state index in [1.165, 1.54) is 12.3 Å². The Morgan fingerprint density at radius 3 is 2.51 bits per heavy atom. The van der Waals surface area contributed by atoms with Crippen molar-refractivity contribution in [1.82, 2.24) is 9.88 Å². The average molecular weight is 530 g/mol. The summed E-state index contributed by atoms with van der Waals surface area (Å²) in [6.45, 7) is 5.32. The zero-order chi connectivity index (χ0) is 25.1. The number of hydrogen-bond acceptors (Lipinski definition) is 5. The molecule has 1 aromatic heterocycles. The summed E-state index contributed by atoms with van der Waals surface area (Å²) in [5, 5.41) is 0.876. The number of amides is 1. The van der Waals surface area contributed by atoms with Crippen LogP contribution in [0.3, 0.4) is 0 Å². The number of carbonyl (C=O) groups excluding carboxylic acids is 2. The van der Waals surface area contributed by atoms with Gasteiger partial charge in [-0.05, 0) is 73.6 Å². The van der Waals surface area contributed by atoms with E-state index in [1.807, 2.05) is 36.1 Å². The summed E-state index contributed by atoms with van der Waals surface area (Å²) in [6, 6.07) is 15.7. The topological polar surface area (TPSA) is 76.6 Å². The number of aromatic nitrogens is 1. The lowest BCUT2D eigenvalue weighted by Gasteiger charge is -2.46. The number of rotatable bonds is 6. The van der Waals surface area contributed by atoms with E-state index in [9.17, 15) is 14.1 Å². The Hall–Kier alpha value is -2.58. The van der Waals surface area contributed by atoms with Gasteiger partial charge in [-0.15, -0.1) is 0 Å². The third-order valence-corrected chi connectivity index (χ3v) is 8.36. The molecule has 0 saturated carbocycles. The minimum atomic E-state index is -1.64. The van der Waals surface area contributed by atoms with Gasteiger partial charge in [-0.2, -0.15) is 0 Å². The van der Waals surface area contributed by atoms with E-state index in [2.05, 4.69) is 16.8 Å². The quantitative estimate of drug-likeness (QED) is 0.327. The van der Waals surface area contributed by atoms with Crippen molar-refractivity contribution in [3.8, 4) is 0 Å². The van der Waals surface area contributed by atoms with Crippen molar-refractivity contribution in [3.05, 3.63) is 88.2 Å². The first-order valence-electron chi connectivity index (χ1n) is 11.2. The van der Waals surface area contributed by atoms with Crippen LogP contribution in [0.1, 0.15) is 34.6 Å². The van der Waals surface area contributed by atoms with Crippen LogP contribution in [0.5, 0.6) is 0 Å². The Morgan fingerprint density at radius 2 is 1.83 bits per heavy atom. The van der Waals surface area contributed by atoms with Gasteiger partial charge in [0, 0.05) is 59.4 Å². The first kappa shape index (κ1) is 25.5. The second-order valence-corrected chi connectivity index (χ2v) is 10.7. The third kappa shape index (κ3) is 5.64. The van der Waals surface area contributed by atoms with Crippen LogP contribution in [-0.4, -0.2) is 57.1 Å². The highest BCUT2D eigenvalue weighted by Gasteiger charge is 2.34. The standard InChI is InChI=1S/C26H25Cl2N3O3S/c1-17-18(2)31(12-11-30(17)22-7-3-6-21(27)14-22)26(33)19-8-9-25(23(28)13-19)35(34)16-24(32)20-5-4-10-29-15-20/h3-10,13-15,17-18H,11-12,16H2,1-2H3. The van der Waals surface area contributed by atoms with Gasteiger partial charge in [0.2, 0.25) is 5.78 Å². The maximum Gasteiger partial charge on any atom is 0.254 e. The molecule has 1 saturated heterocycles. The number of benzene rings is 2. The lowest BCUT2D eigenvalue weighted by atomic mass is 10.0. The molecule has 1 fully saturated rings. The number of ketones is 1. The zero-order valence-electron chi connectivity index (χ0n) is 19.4. The summed E-state index contributed by atoms with van der Waals surface area (Å²) in [4.78, 5) is 34.1. The van der Waals surface area contributed by atoms with E-state index in [-0.39, 0.29) is 34.5 Å². The summed E-state index contributed by atoms with van der Waals surface area (Å²) in [5.74, 6) is -0.632. The van der Waals surface area contributed by atoms with Crippen molar-refractivity contribution in [2.45, 2.75) is 30.8 Å². The van der Waals surface area contributed by atoms with E-state index in [1.54, 1.807) is 30.5 Å². The molecule has 1 aliphatic heterocycles. The van der Waals surface area contributed by atoms with Crippen LogP contribution in [-0.2, 0) is 11.2 Å². The summed E-state index contributed by atoms with van der Waals surface area (Å²) in [6.07, 6.45) is 3.01. The summed E-state index contributed by atoms with van der Waals surface area (Å²) >= 11 is 10.9. The molecular weight excluding hydrogens is 505 g/mol. The molecule has 1 amide bonds. The first-order valence-corrected chi connectivity index (χ1v) is 13.3. The van der Waals surface area contributed by atoms with Crippen LogP contribution in [0.15, 0.2) is 71.9 Å². The van der Waals surface area contributed by atoms with Crippen LogP contribution < -0.4 is 4.90 Å². The molecular formula is C26H25Cl2N3O3S. The highest BCUT2D eigenvalue weighted by atomic mass is 35.5. The van der Waals surface area contributed by atoms with Gasteiger partial charge in [0.25, 0.3) is 5.91 Å². The van der Waals surface area contributed by atoms with Crippen LogP contribution in [0, 0.1) is 0 Å². The lowest BCUT2D eigenvalue weighted by molar-refractivity contribution is 0.0634. The Kier molecular flexibility index (Phi) is 8.02. The average Bonchev–Trinajstić information content (AvgIpc) is 2.85. The lowest BCUT2D eigenvalue weighted by Crippen LogP contribution is -2.59. The highest BCUT2D eigenvalue weighted by Crippen LogP contribution is 2.29. The van der Waals surface area contributed by atoms with Crippen LogP contribution >= 0.6 is 23.2 Å². The molecule has 0 N–H and O–H groups in total. The molecule has 3 unspecified atom stereocenters. The Bertz CT molecular complexity index is 1230. The van der Waals surface area contributed by atoms with Crippen LogP contribution in [0.25, 0.3) is 0 Å². The molecule has 0 radical (unpaired) electrons. The minimum absolute atomic E-state index is 0.0556. The second-order valence-electron chi connectivity index (χ2n) is 8.45. The predicted molar refractivity (Wildman–Crippen MR) is 140 cm³/mol. The molecule has 1 aliphatic rings. The number of Topliss-reactive ketones (excluding diaryl/α,β-unsaturated/α-hetero) is 1. The van der Waals surface area contributed by atoms with Crippen LogP contribution in [0.2, 0.25) is 10.0 Å². The minimum Gasteiger partial charge on any atom is -0.611 e. The van der Waals surface area contributed by atoms with Gasteiger partial charge < -0.3 is 14.4 Å². The normalized spacial score (nSPS) is 18.9. The predicted octanol–water partition coefficient (Wildman–Crippen LogP) is 5.12. The van der Waals surface area contributed by atoms with E-state index in [0.717, 1.165) is 5.69 Å². The maximum atomic E-state index is 13.3. The van der Waals surface area contributed by atoms with Crippen molar-refractivity contribution < 1.29 is 14.1 Å². The molecule has 0 aliphatic carbocycles. The first-order chi connectivity index (χ1) is 16.8. The van der Waals surface area contributed by atoms with Gasteiger partial charge in [0.15, 0.2) is 10.6 Å². The van der Waals surface area contributed by atoms with E-state index in [0.29, 0.717) is 34.1 Å². The molecule has 0 bridgehead atoms. The van der Waals surface area contributed by atoms with E-state index < -0.39 is 11.2 Å². The van der Waals surface area contributed by atoms with Crippen LogP contribution in [0.4, 0.5) is 5.69 Å². The van der Waals surface area contributed by atoms with Gasteiger partial charge in [0.1, 0.15) is 0 Å².